The van der Waals surface area contributed by atoms with Crippen LogP contribution in [-0.2, 0) is 11.3 Å². The predicted molar refractivity (Wildman–Crippen MR) is 50.5 cm³/mol. The van der Waals surface area contributed by atoms with E-state index in [1.807, 2.05) is 31.2 Å². The molecule has 3 heteroatoms. The average molecular weight is 179 g/mol. The topological polar surface area (TPSA) is 38.3 Å². The zero-order chi connectivity index (χ0) is 9.52. The number of rotatable bonds is 5. The molecule has 1 N–H and O–H groups in total. The zero-order valence-corrected chi connectivity index (χ0v) is 7.62. The van der Waals surface area contributed by atoms with Crippen LogP contribution >= 0.6 is 0 Å². The maximum Gasteiger partial charge on any atom is 0.207 e. The van der Waals surface area contributed by atoms with Crippen LogP contribution in [0.25, 0.3) is 0 Å². The first-order valence-electron chi connectivity index (χ1n) is 4.26. The third-order valence-corrected chi connectivity index (χ3v) is 1.65. The predicted octanol–water partition coefficient (Wildman–Crippen LogP) is 1.33. The lowest BCUT2D eigenvalue weighted by molar-refractivity contribution is -0.109. The first-order valence-corrected chi connectivity index (χ1v) is 4.26. The highest BCUT2D eigenvalue weighted by Gasteiger charge is 1.99. The van der Waals surface area contributed by atoms with Crippen molar-refractivity contribution in [1.29, 1.82) is 0 Å². The van der Waals surface area contributed by atoms with Crippen LogP contribution in [0.2, 0.25) is 0 Å². The van der Waals surface area contributed by atoms with Crippen molar-refractivity contribution in [3.63, 3.8) is 0 Å². The van der Waals surface area contributed by atoms with Crippen molar-refractivity contribution in [3.05, 3.63) is 29.8 Å². The molecule has 0 heterocycles. The van der Waals surface area contributed by atoms with Crippen LogP contribution in [0.3, 0.4) is 0 Å². The molecule has 3 nitrogen and oxygen atoms in total. The molecular weight excluding hydrogens is 166 g/mol. The van der Waals surface area contributed by atoms with Gasteiger partial charge in [0.1, 0.15) is 5.75 Å². The fraction of sp³-hybridized carbons (Fsp3) is 0.300. The molecule has 1 aromatic rings. The molecule has 0 unspecified atom stereocenters. The van der Waals surface area contributed by atoms with Gasteiger partial charge in [-0.2, -0.15) is 0 Å². The van der Waals surface area contributed by atoms with Gasteiger partial charge in [-0.15, -0.1) is 0 Å². The summed E-state index contributed by atoms with van der Waals surface area (Å²) in [6.07, 6.45) is 0.683. The molecule has 0 aliphatic carbocycles. The molecule has 0 radical (unpaired) electrons. The first kappa shape index (κ1) is 9.58. The molecule has 0 atom stereocenters. The molecule has 0 spiro atoms. The van der Waals surface area contributed by atoms with Gasteiger partial charge >= 0.3 is 0 Å². The number of hydrogen-bond donors (Lipinski definition) is 1. The standard InChI is InChI=1S/C10H13NO2/c1-2-13-10-6-4-3-5-9(10)7-11-8-12/h3-6,8H,2,7H2,1H3,(H,11,12). The summed E-state index contributed by atoms with van der Waals surface area (Å²) in [7, 11) is 0. The SMILES string of the molecule is CCOc1ccccc1CNC=O. The summed E-state index contributed by atoms with van der Waals surface area (Å²) in [5.74, 6) is 0.833. The lowest BCUT2D eigenvalue weighted by atomic mass is 10.2. The van der Waals surface area contributed by atoms with E-state index in [-0.39, 0.29) is 0 Å². The Bertz CT molecular complexity index is 273. The number of carbonyl (C=O) groups excluding carboxylic acids is 1. The van der Waals surface area contributed by atoms with E-state index in [0.717, 1.165) is 11.3 Å². The van der Waals surface area contributed by atoms with Gasteiger partial charge in [0.25, 0.3) is 0 Å². The number of carbonyl (C=O) groups is 1. The quantitative estimate of drug-likeness (QED) is 0.692. The van der Waals surface area contributed by atoms with Gasteiger partial charge in [-0.05, 0) is 13.0 Å². The Morgan fingerprint density at radius 1 is 1.46 bits per heavy atom. The second-order valence-electron chi connectivity index (χ2n) is 2.54. The van der Waals surface area contributed by atoms with Crippen molar-refractivity contribution in [3.8, 4) is 5.75 Å². The van der Waals surface area contributed by atoms with Crippen LogP contribution in [-0.4, -0.2) is 13.0 Å². The summed E-state index contributed by atoms with van der Waals surface area (Å²) in [6, 6.07) is 7.66. The minimum Gasteiger partial charge on any atom is -0.494 e. The number of para-hydroxylation sites is 1. The van der Waals surface area contributed by atoms with Crippen molar-refractivity contribution in [2.45, 2.75) is 13.5 Å². The second-order valence-corrected chi connectivity index (χ2v) is 2.54. The number of benzene rings is 1. The molecule has 1 amide bonds. The van der Waals surface area contributed by atoms with Crippen LogP contribution in [0.1, 0.15) is 12.5 Å². The minimum absolute atomic E-state index is 0.514. The Morgan fingerprint density at radius 2 is 2.23 bits per heavy atom. The Hall–Kier alpha value is -1.51. The maximum atomic E-state index is 10.1. The Morgan fingerprint density at radius 3 is 2.92 bits per heavy atom. The summed E-state index contributed by atoms with van der Waals surface area (Å²) in [4.78, 5) is 10.1. The third kappa shape index (κ3) is 2.78. The van der Waals surface area contributed by atoms with Gasteiger partial charge in [0.2, 0.25) is 6.41 Å². The number of nitrogens with one attached hydrogen (secondary N) is 1. The van der Waals surface area contributed by atoms with E-state index in [0.29, 0.717) is 19.6 Å². The van der Waals surface area contributed by atoms with E-state index in [4.69, 9.17) is 4.74 Å². The Labute approximate surface area is 77.7 Å². The van der Waals surface area contributed by atoms with Crippen molar-refractivity contribution >= 4 is 6.41 Å². The van der Waals surface area contributed by atoms with E-state index in [2.05, 4.69) is 5.32 Å². The normalized spacial score (nSPS) is 9.31. The van der Waals surface area contributed by atoms with Gasteiger partial charge < -0.3 is 10.1 Å². The summed E-state index contributed by atoms with van der Waals surface area (Å²) < 4.78 is 5.38. The molecule has 0 aliphatic heterocycles. The van der Waals surface area contributed by atoms with Crippen LogP contribution in [0, 0.1) is 0 Å². The highest BCUT2D eigenvalue weighted by molar-refractivity contribution is 5.47. The molecule has 70 valence electrons. The summed E-state index contributed by atoms with van der Waals surface area (Å²) in [5.41, 5.74) is 0.997. The largest absolute Gasteiger partial charge is 0.494 e. The fourth-order valence-corrected chi connectivity index (χ4v) is 1.10. The van der Waals surface area contributed by atoms with Crippen LogP contribution in [0.5, 0.6) is 5.75 Å². The second kappa shape index (κ2) is 5.19. The average Bonchev–Trinajstić information content (AvgIpc) is 2.17. The van der Waals surface area contributed by atoms with Gasteiger partial charge in [-0.1, -0.05) is 18.2 Å². The summed E-state index contributed by atoms with van der Waals surface area (Å²) in [6.45, 7) is 3.09. The molecule has 0 bridgehead atoms. The Balaban J connectivity index is 2.71. The highest BCUT2D eigenvalue weighted by atomic mass is 16.5. The van der Waals surface area contributed by atoms with E-state index >= 15 is 0 Å². The van der Waals surface area contributed by atoms with Gasteiger partial charge in [0, 0.05) is 12.1 Å². The molecule has 0 aromatic heterocycles. The molecule has 0 saturated carbocycles. The van der Waals surface area contributed by atoms with E-state index in [1.54, 1.807) is 0 Å². The van der Waals surface area contributed by atoms with Crippen molar-refractivity contribution in [2.24, 2.45) is 0 Å². The number of amides is 1. The summed E-state index contributed by atoms with van der Waals surface area (Å²) in [5, 5.41) is 2.60. The third-order valence-electron chi connectivity index (χ3n) is 1.65. The molecule has 0 aliphatic rings. The molecular formula is C10H13NO2. The van der Waals surface area contributed by atoms with Gasteiger partial charge in [0.15, 0.2) is 0 Å². The monoisotopic (exact) mass is 179 g/mol. The minimum atomic E-state index is 0.514. The van der Waals surface area contributed by atoms with Crippen molar-refractivity contribution in [1.82, 2.24) is 5.32 Å². The van der Waals surface area contributed by atoms with Gasteiger partial charge in [-0.3, -0.25) is 4.79 Å². The Kier molecular flexibility index (Phi) is 3.82. The molecule has 1 rings (SSSR count). The van der Waals surface area contributed by atoms with Crippen molar-refractivity contribution < 1.29 is 9.53 Å². The lowest BCUT2D eigenvalue weighted by Crippen LogP contribution is -2.10. The molecule has 0 saturated heterocycles. The highest BCUT2D eigenvalue weighted by Crippen LogP contribution is 2.17. The first-order chi connectivity index (χ1) is 6.38. The van der Waals surface area contributed by atoms with Crippen LogP contribution in [0.15, 0.2) is 24.3 Å². The van der Waals surface area contributed by atoms with Crippen LogP contribution in [0.4, 0.5) is 0 Å². The van der Waals surface area contributed by atoms with Gasteiger partial charge in [0.05, 0.1) is 6.61 Å². The van der Waals surface area contributed by atoms with Crippen LogP contribution < -0.4 is 10.1 Å². The van der Waals surface area contributed by atoms with E-state index < -0.39 is 0 Å². The maximum absolute atomic E-state index is 10.1. The number of ether oxygens (including phenoxy) is 1. The lowest BCUT2D eigenvalue weighted by Gasteiger charge is -2.08. The fourth-order valence-electron chi connectivity index (χ4n) is 1.10. The molecule has 13 heavy (non-hydrogen) atoms. The summed E-state index contributed by atoms with van der Waals surface area (Å²) >= 11 is 0. The number of hydrogen-bond acceptors (Lipinski definition) is 2. The van der Waals surface area contributed by atoms with E-state index in [9.17, 15) is 4.79 Å². The molecule has 1 aromatic carbocycles. The molecule has 0 fully saturated rings. The zero-order valence-electron chi connectivity index (χ0n) is 7.62. The smallest absolute Gasteiger partial charge is 0.207 e. The van der Waals surface area contributed by atoms with Gasteiger partial charge in [-0.25, -0.2) is 0 Å². The van der Waals surface area contributed by atoms with E-state index in [1.165, 1.54) is 0 Å². The van der Waals surface area contributed by atoms with Crippen molar-refractivity contribution in [2.75, 3.05) is 6.61 Å².